The van der Waals surface area contributed by atoms with Gasteiger partial charge in [0.05, 0.1) is 7.11 Å². The summed E-state index contributed by atoms with van der Waals surface area (Å²) in [6.45, 7) is 0. The number of ether oxygens (including phenoxy) is 1. The Morgan fingerprint density at radius 2 is 1.65 bits per heavy atom. The summed E-state index contributed by atoms with van der Waals surface area (Å²) in [7, 11) is 1.39. The smallest absolute Gasteiger partial charge is 0.331 e. The van der Waals surface area contributed by atoms with Crippen LogP contribution >= 0.6 is 11.8 Å². The number of hydrogen-bond donors (Lipinski definition) is 0. The Balaban J connectivity index is 2.16. The van der Waals surface area contributed by atoms with E-state index in [2.05, 4.69) is 12.1 Å². The molecule has 0 atom stereocenters. The van der Waals surface area contributed by atoms with Crippen LogP contribution in [-0.4, -0.2) is 13.1 Å². The molecule has 0 bridgehead atoms. The molecule has 0 unspecified atom stereocenters. The number of thioether (sulfide) groups is 1. The van der Waals surface area contributed by atoms with E-state index in [1.165, 1.54) is 12.7 Å². The highest BCUT2D eigenvalue weighted by Crippen LogP contribution is 2.30. The van der Waals surface area contributed by atoms with Crippen LogP contribution in [0, 0.1) is 0 Å². The van der Waals surface area contributed by atoms with Crippen molar-refractivity contribution in [3.8, 4) is 0 Å². The molecule has 0 saturated carbocycles. The van der Waals surface area contributed by atoms with Crippen LogP contribution in [0.1, 0.15) is 11.1 Å². The number of hydrogen-bond acceptors (Lipinski definition) is 3. The van der Waals surface area contributed by atoms with Crippen LogP contribution in [0.25, 0.3) is 4.91 Å². The SMILES string of the molecule is COC(=O)/C=C(\SCc1ccccc1)c1ccccc1. The molecule has 0 aliphatic rings. The van der Waals surface area contributed by atoms with Gasteiger partial charge in [0.1, 0.15) is 0 Å². The molecule has 0 amide bonds. The molecular formula is C17H16O2S. The highest BCUT2D eigenvalue weighted by molar-refractivity contribution is 8.07. The van der Waals surface area contributed by atoms with Crippen molar-refractivity contribution in [3.63, 3.8) is 0 Å². The minimum absolute atomic E-state index is 0.329. The van der Waals surface area contributed by atoms with Gasteiger partial charge < -0.3 is 4.74 Å². The van der Waals surface area contributed by atoms with Crippen molar-refractivity contribution in [1.29, 1.82) is 0 Å². The van der Waals surface area contributed by atoms with E-state index in [1.54, 1.807) is 17.8 Å². The lowest BCUT2D eigenvalue weighted by Gasteiger charge is -2.07. The molecule has 0 aromatic heterocycles. The molecule has 0 N–H and O–H groups in total. The number of methoxy groups -OCH3 is 1. The third kappa shape index (κ3) is 4.28. The van der Waals surface area contributed by atoms with Gasteiger partial charge in [0.25, 0.3) is 0 Å². The second kappa shape index (κ2) is 7.56. The topological polar surface area (TPSA) is 26.3 Å². The fraction of sp³-hybridized carbons (Fsp3) is 0.118. The second-order valence-corrected chi connectivity index (χ2v) is 5.19. The van der Waals surface area contributed by atoms with Crippen LogP contribution in [0.5, 0.6) is 0 Å². The molecule has 2 aromatic carbocycles. The Hall–Kier alpha value is -2.00. The van der Waals surface area contributed by atoms with Gasteiger partial charge in [-0.25, -0.2) is 4.79 Å². The maximum absolute atomic E-state index is 11.5. The average molecular weight is 284 g/mol. The molecule has 102 valence electrons. The monoisotopic (exact) mass is 284 g/mol. The van der Waals surface area contributed by atoms with Crippen molar-refractivity contribution in [2.75, 3.05) is 7.11 Å². The maximum Gasteiger partial charge on any atom is 0.331 e. The molecule has 2 nitrogen and oxygen atoms in total. The van der Waals surface area contributed by atoms with E-state index < -0.39 is 0 Å². The molecule has 0 fully saturated rings. The molecule has 20 heavy (non-hydrogen) atoms. The lowest BCUT2D eigenvalue weighted by Crippen LogP contribution is -1.96. The molecular weight excluding hydrogens is 268 g/mol. The van der Waals surface area contributed by atoms with Crippen LogP contribution in [0.3, 0.4) is 0 Å². The van der Waals surface area contributed by atoms with E-state index in [1.807, 2.05) is 48.5 Å². The number of rotatable bonds is 5. The van der Waals surface area contributed by atoms with Gasteiger partial charge in [0.2, 0.25) is 0 Å². The summed E-state index contributed by atoms with van der Waals surface area (Å²) in [4.78, 5) is 12.4. The Morgan fingerprint density at radius 3 is 2.25 bits per heavy atom. The summed E-state index contributed by atoms with van der Waals surface area (Å²) in [5, 5.41) is 0. The first kappa shape index (κ1) is 14.4. The summed E-state index contributed by atoms with van der Waals surface area (Å²) in [5.41, 5.74) is 2.25. The van der Waals surface area contributed by atoms with Gasteiger partial charge in [-0.15, -0.1) is 11.8 Å². The molecule has 2 aromatic rings. The molecule has 0 spiro atoms. The normalized spacial score (nSPS) is 11.2. The summed E-state index contributed by atoms with van der Waals surface area (Å²) >= 11 is 1.63. The number of carbonyl (C=O) groups excluding carboxylic acids is 1. The van der Waals surface area contributed by atoms with Crippen LogP contribution in [0.4, 0.5) is 0 Å². The number of carbonyl (C=O) groups is 1. The highest BCUT2D eigenvalue weighted by Gasteiger charge is 2.06. The zero-order valence-electron chi connectivity index (χ0n) is 11.3. The Labute approximate surface area is 123 Å². The van der Waals surface area contributed by atoms with Crippen molar-refractivity contribution < 1.29 is 9.53 Å². The van der Waals surface area contributed by atoms with E-state index in [0.717, 1.165) is 16.2 Å². The van der Waals surface area contributed by atoms with Gasteiger partial charge in [0.15, 0.2) is 0 Å². The molecule has 0 radical (unpaired) electrons. The molecule has 0 heterocycles. The largest absolute Gasteiger partial charge is 0.466 e. The summed E-state index contributed by atoms with van der Waals surface area (Å²) in [6, 6.07) is 20.1. The van der Waals surface area contributed by atoms with Crippen molar-refractivity contribution in [1.82, 2.24) is 0 Å². The summed E-state index contributed by atoms with van der Waals surface area (Å²) in [5.74, 6) is 0.489. The predicted molar refractivity (Wildman–Crippen MR) is 84.2 cm³/mol. The first-order chi connectivity index (χ1) is 9.79. The van der Waals surface area contributed by atoms with E-state index in [9.17, 15) is 4.79 Å². The zero-order valence-corrected chi connectivity index (χ0v) is 12.1. The highest BCUT2D eigenvalue weighted by atomic mass is 32.2. The van der Waals surface area contributed by atoms with E-state index >= 15 is 0 Å². The van der Waals surface area contributed by atoms with E-state index in [-0.39, 0.29) is 5.97 Å². The molecule has 0 aliphatic heterocycles. The van der Waals surface area contributed by atoms with Crippen LogP contribution in [-0.2, 0) is 15.3 Å². The van der Waals surface area contributed by atoms with E-state index in [0.29, 0.717) is 0 Å². The lowest BCUT2D eigenvalue weighted by atomic mass is 10.2. The first-order valence-electron chi connectivity index (χ1n) is 6.31. The second-order valence-electron chi connectivity index (χ2n) is 4.17. The van der Waals surface area contributed by atoms with Gasteiger partial charge in [-0.1, -0.05) is 60.7 Å². The van der Waals surface area contributed by atoms with Crippen molar-refractivity contribution >= 4 is 22.6 Å². The van der Waals surface area contributed by atoms with Gasteiger partial charge in [0, 0.05) is 16.7 Å². The number of esters is 1. The molecule has 2 rings (SSSR count). The van der Waals surface area contributed by atoms with Gasteiger partial charge in [-0.05, 0) is 11.1 Å². The first-order valence-corrected chi connectivity index (χ1v) is 7.30. The standard InChI is InChI=1S/C17H16O2S/c1-19-17(18)12-16(15-10-6-3-7-11-15)20-13-14-8-4-2-5-9-14/h2-12H,13H2,1H3/b16-12-. The fourth-order valence-electron chi connectivity index (χ4n) is 1.71. The van der Waals surface area contributed by atoms with Crippen molar-refractivity contribution in [2.45, 2.75) is 5.75 Å². The van der Waals surface area contributed by atoms with Crippen molar-refractivity contribution in [2.24, 2.45) is 0 Å². The maximum atomic E-state index is 11.5. The van der Waals surface area contributed by atoms with Gasteiger partial charge in [-0.2, -0.15) is 0 Å². The minimum Gasteiger partial charge on any atom is -0.466 e. The Bertz CT molecular complexity index is 576. The van der Waals surface area contributed by atoms with Crippen LogP contribution in [0.2, 0.25) is 0 Å². The zero-order chi connectivity index (χ0) is 14.2. The summed E-state index contributed by atoms with van der Waals surface area (Å²) < 4.78 is 4.73. The molecule has 3 heteroatoms. The third-order valence-corrected chi connectivity index (χ3v) is 3.89. The van der Waals surface area contributed by atoms with Gasteiger partial charge >= 0.3 is 5.97 Å². The lowest BCUT2D eigenvalue weighted by molar-refractivity contribution is -0.134. The third-order valence-electron chi connectivity index (χ3n) is 2.75. The average Bonchev–Trinajstić information content (AvgIpc) is 2.53. The number of benzene rings is 2. The minimum atomic E-state index is -0.329. The van der Waals surface area contributed by atoms with Crippen LogP contribution in [0.15, 0.2) is 66.7 Å². The fourth-order valence-corrected chi connectivity index (χ4v) is 2.71. The van der Waals surface area contributed by atoms with Gasteiger partial charge in [-0.3, -0.25) is 0 Å². The van der Waals surface area contributed by atoms with Crippen molar-refractivity contribution in [3.05, 3.63) is 77.9 Å². The van der Waals surface area contributed by atoms with Crippen LogP contribution < -0.4 is 0 Å². The Kier molecular flexibility index (Phi) is 5.44. The van der Waals surface area contributed by atoms with E-state index in [4.69, 9.17) is 4.74 Å². The summed E-state index contributed by atoms with van der Waals surface area (Å²) in [6.07, 6.45) is 1.54. The molecule has 0 aliphatic carbocycles. The molecule has 0 saturated heterocycles. The quantitative estimate of drug-likeness (QED) is 0.610. The Morgan fingerprint density at radius 1 is 1.05 bits per heavy atom. The predicted octanol–water partition coefficient (Wildman–Crippen LogP) is 4.13.